The maximum Gasteiger partial charge on any atom is 0.179 e. The summed E-state index contributed by atoms with van der Waals surface area (Å²) in [5.74, 6) is -1.13. The molecule has 0 saturated heterocycles. The van der Waals surface area contributed by atoms with Crippen molar-refractivity contribution in [2.75, 3.05) is 0 Å². The molecule has 4 rings (SSSR count). The quantitative estimate of drug-likeness (QED) is 0.490. The fraction of sp³-hybridized carbons (Fsp3) is 0.0476. The zero-order valence-electron chi connectivity index (χ0n) is 13.0. The van der Waals surface area contributed by atoms with Gasteiger partial charge in [0.1, 0.15) is 5.92 Å². The van der Waals surface area contributed by atoms with Crippen LogP contribution in [-0.4, -0.2) is 11.6 Å². The lowest BCUT2D eigenvalue weighted by atomic mass is 9.93. The molecule has 3 aromatic carbocycles. The standard InChI is InChI=1S/C21H12BrClO2/c22-16-11-10-15-19(17(16)12-4-2-1-3-5-12)21(25)18(20(15)24)13-6-8-14(23)9-7-13/h1-11,18H. The predicted molar refractivity (Wildman–Crippen MR) is 102 cm³/mol. The van der Waals surface area contributed by atoms with Gasteiger partial charge in [-0.1, -0.05) is 70.0 Å². The molecule has 1 aliphatic rings. The van der Waals surface area contributed by atoms with Crippen LogP contribution in [-0.2, 0) is 0 Å². The van der Waals surface area contributed by atoms with Gasteiger partial charge in [-0.15, -0.1) is 0 Å². The van der Waals surface area contributed by atoms with Crippen molar-refractivity contribution in [1.82, 2.24) is 0 Å². The number of carbonyl (C=O) groups is 2. The summed E-state index contributed by atoms with van der Waals surface area (Å²) in [5, 5.41) is 0.576. The lowest BCUT2D eigenvalue weighted by Crippen LogP contribution is -2.12. The molecule has 2 nitrogen and oxygen atoms in total. The molecule has 0 N–H and O–H groups in total. The third kappa shape index (κ3) is 2.64. The van der Waals surface area contributed by atoms with Crippen LogP contribution in [0.4, 0.5) is 0 Å². The summed E-state index contributed by atoms with van der Waals surface area (Å²) in [6.45, 7) is 0. The van der Waals surface area contributed by atoms with Crippen LogP contribution in [0, 0.1) is 0 Å². The van der Waals surface area contributed by atoms with Crippen molar-refractivity contribution in [3.8, 4) is 11.1 Å². The first-order valence-electron chi connectivity index (χ1n) is 7.79. The van der Waals surface area contributed by atoms with Crippen LogP contribution in [0.2, 0.25) is 5.02 Å². The average molecular weight is 412 g/mol. The second kappa shape index (κ2) is 6.25. The second-order valence-corrected chi connectivity index (χ2v) is 7.21. The molecule has 0 saturated carbocycles. The highest BCUT2D eigenvalue weighted by Crippen LogP contribution is 2.42. The van der Waals surface area contributed by atoms with E-state index in [2.05, 4.69) is 15.9 Å². The van der Waals surface area contributed by atoms with Gasteiger partial charge in [0.2, 0.25) is 0 Å². The first-order chi connectivity index (χ1) is 12.1. The van der Waals surface area contributed by atoms with Crippen LogP contribution in [0.1, 0.15) is 32.2 Å². The Kier molecular flexibility index (Phi) is 4.06. The van der Waals surface area contributed by atoms with Gasteiger partial charge in [-0.2, -0.15) is 0 Å². The molecule has 1 unspecified atom stereocenters. The fourth-order valence-corrected chi connectivity index (χ4v) is 3.99. The SMILES string of the molecule is O=C1c2ccc(Br)c(-c3ccccc3)c2C(=O)C1c1ccc(Cl)cc1. The van der Waals surface area contributed by atoms with E-state index in [1.54, 1.807) is 30.3 Å². The molecule has 0 heterocycles. The van der Waals surface area contributed by atoms with E-state index >= 15 is 0 Å². The third-order valence-electron chi connectivity index (χ3n) is 4.46. The minimum atomic E-state index is -0.802. The van der Waals surface area contributed by atoms with Crippen molar-refractivity contribution in [2.24, 2.45) is 0 Å². The molecule has 122 valence electrons. The Morgan fingerprint density at radius 1 is 0.760 bits per heavy atom. The van der Waals surface area contributed by atoms with Gasteiger partial charge < -0.3 is 0 Å². The first-order valence-corrected chi connectivity index (χ1v) is 8.97. The van der Waals surface area contributed by atoms with E-state index in [1.165, 1.54) is 0 Å². The smallest absolute Gasteiger partial charge is 0.179 e. The molecule has 0 spiro atoms. The zero-order valence-corrected chi connectivity index (χ0v) is 15.3. The molecular formula is C21H12BrClO2. The maximum absolute atomic E-state index is 13.2. The lowest BCUT2D eigenvalue weighted by Gasteiger charge is -2.10. The molecule has 0 bridgehead atoms. The van der Waals surface area contributed by atoms with Crippen LogP contribution < -0.4 is 0 Å². The Morgan fingerprint density at radius 3 is 2.12 bits per heavy atom. The normalized spacial score (nSPS) is 16.2. The van der Waals surface area contributed by atoms with Gasteiger partial charge >= 0.3 is 0 Å². The molecular weight excluding hydrogens is 400 g/mol. The number of carbonyl (C=O) groups excluding carboxylic acids is 2. The molecule has 4 heteroatoms. The lowest BCUT2D eigenvalue weighted by molar-refractivity contribution is 0.0890. The van der Waals surface area contributed by atoms with E-state index in [1.807, 2.05) is 36.4 Å². The van der Waals surface area contributed by atoms with Crippen molar-refractivity contribution >= 4 is 39.1 Å². The highest BCUT2D eigenvalue weighted by atomic mass is 79.9. The van der Waals surface area contributed by atoms with Crippen molar-refractivity contribution in [2.45, 2.75) is 5.92 Å². The van der Waals surface area contributed by atoms with E-state index in [0.29, 0.717) is 21.7 Å². The van der Waals surface area contributed by atoms with E-state index in [-0.39, 0.29) is 11.6 Å². The molecule has 0 aliphatic heterocycles. The largest absolute Gasteiger partial charge is 0.293 e. The minimum absolute atomic E-state index is 0.160. The molecule has 0 amide bonds. The zero-order chi connectivity index (χ0) is 17.6. The van der Waals surface area contributed by atoms with Gasteiger partial charge in [0.25, 0.3) is 0 Å². The van der Waals surface area contributed by atoms with Gasteiger partial charge in [-0.05, 0) is 35.4 Å². The number of rotatable bonds is 2. The number of fused-ring (bicyclic) bond motifs is 1. The van der Waals surface area contributed by atoms with E-state index in [9.17, 15) is 9.59 Å². The number of hydrogen-bond acceptors (Lipinski definition) is 2. The van der Waals surface area contributed by atoms with Gasteiger partial charge in [-0.25, -0.2) is 0 Å². The molecule has 0 radical (unpaired) electrons. The number of ketones is 2. The molecule has 1 aliphatic carbocycles. The first kappa shape index (κ1) is 16.2. The summed E-state index contributed by atoms with van der Waals surface area (Å²) >= 11 is 9.47. The van der Waals surface area contributed by atoms with Crippen molar-refractivity contribution < 1.29 is 9.59 Å². The topological polar surface area (TPSA) is 34.1 Å². The molecule has 3 aromatic rings. The monoisotopic (exact) mass is 410 g/mol. The van der Waals surface area contributed by atoms with Gasteiger partial charge in [0.05, 0.1) is 0 Å². The Hall–Kier alpha value is -2.23. The van der Waals surface area contributed by atoms with Crippen LogP contribution >= 0.6 is 27.5 Å². The maximum atomic E-state index is 13.2. The second-order valence-electron chi connectivity index (χ2n) is 5.92. The summed E-state index contributed by atoms with van der Waals surface area (Å²) < 4.78 is 0.801. The van der Waals surface area contributed by atoms with Crippen molar-refractivity contribution in [3.05, 3.63) is 92.9 Å². The Balaban J connectivity index is 1.91. The Labute approximate surface area is 158 Å². The van der Waals surface area contributed by atoms with Crippen LogP contribution in [0.25, 0.3) is 11.1 Å². The van der Waals surface area contributed by atoms with Crippen LogP contribution in [0.5, 0.6) is 0 Å². The Bertz CT molecular complexity index is 994. The number of hydrogen-bond donors (Lipinski definition) is 0. The highest BCUT2D eigenvalue weighted by Gasteiger charge is 2.41. The predicted octanol–water partition coefficient (Wildman–Crippen LogP) is 5.93. The minimum Gasteiger partial charge on any atom is -0.293 e. The molecule has 25 heavy (non-hydrogen) atoms. The van der Waals surface area contributed by atoms with Gasteiger partial charge in [0, 0.05) is 26.2 Å². The summed E-state index contributed by atoms with van der Waals surface area (Å²) in [5.41, 5.74) is 3.32. The summed E-state index contributed by atoms with van der Waals surface area (Å²) in [6, 6.07) is 20.1. The number of benzene rings is 3. The molecule has 0 fully saturated rings. The summed E-state index contributed by atoms with van der Waals surface area (Å²) in [6.07, 6.45) is 0. The van der Waals surface area contributed by atoms with E-state index in [0.717, 1.165) is 15.6 Å². The van der Waals surface area contributed by atoms with E-state index < -0.39 is 5.92 Å². The van der Waals surface area contributed by atoms with Gasteiger partial charge in [-0.3, -0.25) is 9.59 Å². The fourth-order valence-electron chi connectivity index (χ4n) is 3.30. The molecule has 1 atom stereocenters. The molecule has 0 aromatic heterocycles. The number of halogens is 2. The summed E-state index contributed by atoms with van der Waals surface area (Å²) in [4.78, 5) is 26.1. The summed E-state index contributed by atoms with van der Waals surface area (Å²) in [7, 11) is 0. The Morgan fingerprint density at radius 2 is 1.44 bits per heavy atom. The third-order valence-corrected chi connectivity index (χ3v) is 5.37. The van der Waals surface area contributed by atoms with Crippen molar-refractivity contribution in [1.29, 1.82) is 0 Å². The van der Waals surface area contributed by atoms with E-state index in [4.69, 9.17) is 11.6 Å². The number of Topliss-reactive ketones (excluding diaryl/α,β-unsaturated/α-hetero) is 2. The average Bonchev–Trinajstić information content (AvgIpc) is 2.87. The van der Waals surface area contributed by atoms with Gasteiger partial charge in [0.15, 0.2) is 11.6 Å². The van der Waals surface area contributed by atoms with Crippen LogP contribution in [0.15, 0.2) is 71.2 Å². The van der Waals surface area contributed by atoms with Crippen LogP contribution in [0.3, 0.4) is 0 Å². The van der Waals surface area contributed by atoms with Crippen molar-refractivity contribution in [3.63, 3.8) is 0 Å². The highest BCUT2D eigenvalue weighted by molar-refractivity contribution is 9.10.